The molecule has 0 bridgehead atoms. The Morgan fingerprint density at radius 3 is 1.53 bits per heavy atom. The number of nitrogens with one attached hydrogen (secondary N) is 1. The number of hydrazine groups is 1. The summed E-state index contributed by atoms with van der Waals surface area (Å²) >= 11 is 0. The van der Waals surface area contributed by atoms with E-state index in [1.807, 2.05) is 0 Å². The lowest BCUT2D eigenvalue weighted by atomic mass is 9.93. The summed E-state index contributed by atoms with van der Waals surface area (Å²) in [7, 11) is -15.0. The second kappa shape index (κ2) is 7.70. The van der Waals surface area contributed by atoms with Gasteiger partial charge in [0.2, 0.25) is 0 Å². The molecule has 0 saturated carbocycles. The summed E-state index contributed by atoms with van der Waals surface area (Å²) in [6.45, 7) is -0.669. The number of benzene rings is 4. The van der Waals surface area contributed by atoms with Gasteiger partial charge in [0.1, 0.15) is 20.4 Å². The van der Waals surface area contributed by atoms with Gasteiger partial charge in [-0.2, -0.15) is 25.3 Å². The van der Waals surface area contributed by atoms with Crippen LogP contribution < -0.4 is 16.0 Å². The monoisotopic (exact) mass is 530 g/mol. The Morgan fingerprint density at radius 2 is 1.12 bits per heavy atom. The molecule has 4 rings (SSSR count). The van der Waals surface area contributed by atoms with Crippen molar-refractivity contribution >= 4 is 68.6 Å². The van der Waals surface area contributed by atoms with Gasteiger partial charge in [-0.1, -0.05) is 18.2 Å². The lowest BCUT2D eigenvalue weighted by Gasteiger charge is -2.18. The predicted octanol–water partition coefficient (Wildman–Crippen LogP) is 0.693. The highest BCUT2D eigenvalue weighted by atomic mass is 32.2. The second-order valence-corrected chi connectivity index (χ2v) is 11.3. The molecule has 0 aliphatic heterocycles. The molecule has 0 aromatic heterocycles. The third-order valence-corrected chi connectivity index (χ3v) is 7.78. The van der Waals surface area contributed by atoms with Gasteiger partial charge in [0.15, 0.2) is 6.61 Å². The molecule has 6 N–H and O–H groups in total. The van der Waals surface area contributed by atoms with E-state index in [1.54, 1.807) is 5.43 Å². The number of ether oxygens (including phenoxy) is 1. The maximum Gasteiger partial charge on any atom is 0.295 e. The molecule has 0 radical (unpaired) electrons. The number of carbonyl (C=O) groups is 1. The zero-order valence-corrected chi connectivity index (χ0v) is 19.0. The second-order valence-electron chi connectivity index (χ2n) is 7.10. The molecule has 0 spiro atoms. The third-order valence-electron chi connectivity index (χ3n) is 5.10. The Balaban J connectivity index is 2.31. The average Bonchev–Trinajstić information content (AvgIpc) is 2.72. The number of carbonyl (C=O) groups excluding carboxylic acids is 1. The van der Waals surface area contributed by atoms with Crippen molar-refractivity contribution in [2.75, 3.05) is 6.61 Å². The molecular formula is C18H14N2O11S3. The number of hydrogen-bond donors (Lipinski definition) is 5. The first-order valence-corrected chi connectivity index (χ1v) is 13.3. The minimum Gasteiger partial charge on any atom is -0.483 e. The van der Waals surface area contributed by atoms with Crippen molar-refractivity contribution < 1.29 is 48.4 Å². The highest BCUT2D eigenvalue weighted by Gasteiger charge is 2.28. The molecule has 13 nitrogen and oxygen atoms in total. The van der Waals surface area contributed by atoms with Crippen LogP contribution in [0.3, 0.4) is 0 Å². The van der Waals surface area contributed by atoms with Crippen molar-refractivity contribution in [3.05, 3.63) is 36.4 Å². The molecule has 34 heavy (non-hydrogen) atoms. The van der Waals surface area contributed by atoms with Crippen LogP contribution in [0.15, 0.2) is 51.1 Å². The summed E-state index contributed by atoms with van der Waals surface area (Å²) in [5.74, 6) is 3.97. The van der Waals surface area contributed by atoms with Gasteiger partial charge in [0.05, 0.1) is 0 Å². The zero-order chi connectivity index (χ0) is 25.2. The average molecular weight is 531 g/mol. The lowest BCUT2D eigenvalue weighted by Crippen LogP contribution is -2.34. The minimum absolute atomic E-state index is 0.0799. The van der Waals surface area contributed by atoms with Crippen LogP contribution in [0.25, 0.3) is 32.3 Å². The largest absolute Gasteiger partial charge is 0.483 e. The van der Waals surface area contributed by atoms with Crippen LogP contribution in [0.4, 0.5) is 0 Å². The van der Waals surface area contributed by atoms with Crippen LogP contribution in [0.1, 0.15) is 0 Å². The molecule has 0 aliphatic rings. The Bertz CT molecular complexity index is 1780. The van der Waals surface area contributed by atoms with E-state index < -0.39 is 57.6 Å². The minimum atomic E-state index is -5.03. The molecule has 0 fully saturated rings. The van der Waals surface area contributed by atoms with Crippen molar-refractivity contribution in [3.63, 3.8) is 0 Å². The van der Waals surface area contributed by atoms with Gasteiger partial charge in [-0.3, -0.25) is 23.9 Å². The molecule has 0 unspecified atom stereocenters. The molecule has 0 heterocycles. The first-order chi connectivity index (χ1) is 15.6. The van der Waals surface area contributed by atoms with Crippen molar-refractivity contribution in [1.82, 2.24) is 5.43 Å². The third kappa shape index (κ3) is 3.90. The van der Waals surface area contributed by atoms with Crippen LogP contribution in [0.5, 0.6) is 5.75 Å². The Kier molecular flexibility index (Phi) is 5.44. The summed E-state index contributed by atoms with van der Waals surface area (Å²) < 4.78 is 107. The maximum atomic E-state index is 12.1. The fourth-order valence-electron chi connectivity index (χ4n) is 3.81. The zero-order valence-electron chi connectivity index (χ0n) is 16.6. The highest BCUT2D eigenvalue weighted by molar-refractivity contribution is 7.87. The van der Waals surface area contributed by atoms with E-state index in [9.17, 15) is 43.7 Å². The summed E-state index contributed by atoms with van der Waals surface area (Å²) in [6, 6.07) is 6.23. The van der Waals surface area contributed by atoms with Gasteiger partial charge < -0.3 is 4.74 Å². The standard InChI is InChI=1S/C18H14N2O11S3/c19-20-16(21)7-31-12-5-13(32(22,23)24)9-3-4-11-15(34(28,29)30)6-14(33(25,26)27)10-2-1-8(12)17(9)18(10)11/h1-6H,7,19H2,(H,20,21)(H,22,23,24)(H,25,26,27)(H,28,29,30). The van der Waals surface area contributed by atoms with E-state index in [4.69, 9.17) is 10.6 Å². The van der Waals surface area contributed by atoms with Gasteiger partial charge in [0.25, 0.3) is 36.3 Å². The Hall–Kier alpha value is -3.12. The van der Waals surface area contributed by atoms with E-state index in [2.05, 4.69) is 0 Å². The fourth-order valence-corrected chi connectivity index (χ4v) is 6.02. The summed E-state index contributed by atoms with van der Waals surface area (Å²) in [5.41, 5.74) is 1.81. The first-order valence-electron chi connectivity index (χ1n) is 8.98. The molecule has 16 heteroatoms. The smallest absolute Gasteiger partial charge is 0.295 e. The lowest BCUT2D eigenvalue weighted by molar-refractivity contribution is -0.123. The maximum absolute atomic E-state index is 12.1. The number of amides is 1. The van der Waals surface area contributed by atoms with E-state index in [0.717, 1.165) is 18.2 Å². The van der Waals surface area contributed by atoms with Crippen LogP contribution in [0.2, 0.25) is 0 Å². The SMILES string of the molecule is NNC(=O)COc1cc(S(=O)(=O)O)c2ccc3c(S(=O)(=O)O)cc(S(=O)(=O)O)c4ccc1c2c43. The number of hydrogen-bond acceptors (Lipinski definition) is 9. The molecule has 0 aliphatic carbocycles. The molecular weight excluding hydrogens is 516 g/mol. The van der Waals surface area contributed by atoms with Gasteiger partial charge in [-0.05, 0) is 12.1 Å². The first kappa shape index (κ1) is 24.0. The van der Waals surface area contributed by atoms with Crippen LogP contribution in [-0.2, 0) is 35.1 Å². The van der Waals surface area contributed by atoms with Crippen LogP contribution >= 0.6 is 0 Å². The molecule has 4 aromatic carbocycles. The van der Waals surface area contributed by atoms with E-state index in [0.29, 0.717) is 6.07 Å². The normalized spacial score (nSPS) is 13.1. The van der Waals surface area contributed by atoms with Gasteiger partial charge >= 0.3 is 0 Å². The van der Waals surface area contributed by atoms with E-state index >= 15 is 0 Å². The van der Waals surface area contributed by atoms with Crippen molar-refractivity contribution in [2.24, 2.45) is 5.84 Å². The Labute approximate surface area is 191 Å². The van der Waals surface area contributed by atoms with Crippen molar-refractivity contribution in [1.29, 1.82) is 0 Å². The van der Waals surface area contributed by atoms with E-state index in [-0.39, 0.29) is 38.1 Å². The van der Waals surface area contributed by atoms with Crippen molar-refractivity contribution in [3.8, 4) is 5.75 Å². The predicted molar refractivity (Wildman–Crippen MR) is 117 cm³/mol. The summed E-state index contributed by atoms with van der Waals surface area (Å²) in [5, 5.41) is -0.721. The quantitative estimate of drug-likeness (QED) is 0.0762. The van der Waals surface area contributed by atoms with Crippen molar-refractivity contribution in [2.45, 2.75) is 14.7 Å². The number of nitrogens with two attached hydrogens (primary N) is 1. The van der Waals surface area contributed by atoms with Gasteiger partial charge in [-0.15, -0.1) is 0 Å². The number of rotatable bonds is 6. The summed E-state index contributed by atoms with van der Waals surface area (Å²) in [4.78, 5) is 9.10. The molecule has 4 aromatic rings. The van der Waals surface area contributed by atoms with Crippen LogP contribution in [0, 0.1) is 0 Å². The van der Waals surface area contributed by atoms with Gasteiger partial charge in [-0.25, -0.2) is 5.84 Å². The Morgan fingerprint density at radius 1 is 0.735 bits per heavy atom. The summed E-state index contributed by atoms with van der Waals surface area (Å²) in [6.07, 6.45) is 0. The molecule has 0 saturated heterocycles. The van der Waals surface area contributed by atoms with E-state index in [1.165, 1.54) is 12.1 Å². The van der Waals surface area contributed by atoms with Gasteiger partial charge in [0, 0.05) is 38.4 Å². The molecule has 180 valence electrons. The molecule has 1 amide bonds. The fraction of sp³-hybridized carbons (Fsp3) is 0.0556. The van der Waals surface area contributed by atoms with Crippen LogP contribution in [-0.4, -0.2) is 51.4 Å². The highest BCUT2D eigenvalue weighted by Crippen LogP contribution is 2.45. The molecule has 0 atom stereocenters. The topological polar surface area (TPSA) is 227 Å².